The summed E-state index contributed by atoms with van der Waals surface area (Å²) in [6.07, 6.45) is 0.401. The average Bonchev–Trinajstić information content (AvgIpc) is 3.21. The fraction of sp³-hybridized carbons (Fsp3) is 0.250. The second-order valence-corrected chi connectivity index (χ2v) is 6.78. The zero-order valence-corrected chi connectivity index (χ0v) is 15.3. The molecule has 1 unspecified atom stereocenters. The van der Waals surface area contributed by atoms with Gasteiger partial charge >= 0.3 is 5.69 Å². The smallest absolute Gasteiger partial charge is 0.326 e. The van der Waals surface area contributed by atoms with E-state index in [2.05, 4.69) is 4.98 Å². The molecule has 4 rings (SSSR count). The van der Waals surface area contributed by atoms with Crippen molar-refractivity contribution in [3.05, 3.63) is 64.8 Å². The minimum Gasteiger partial charge on any atom is -0.332 e. The lowest BCUT2D eigenvalue weighted by molar-refractivity contribution is -0.137. The first-order chi connectivity index (χ1) is 13.5. The number of hydrogen-bond donors (Lipinski definition) is 1. The van der Waals surface area contributed by atoms with Crippen molar-refractivity contribution in [2.75, 3.05) is 18.5 Å². The molecule has 1 fully saturated rings. The molecule has 1 aliphatic rings. The van der Waals surface area contributed by atoms with E-state index in [0.717, 1.165) is 0 Å². The molecular weight excluding hydrogens is 363 g/mol. The van der Waals surface area contributed by atoms with Crippen LogP contribution in [0.5, 0.6) is 0 Å². The maximum Gasteiger partial charge on any atom is 0.326 e. The van der Waals surface area contributed by atoms with Gasteiger partial charge in [0.15, 0.2) is 0 Å². The fourth-order valence-electron chi connectivity index (χ4n) is 3.62. The van der Waals surface area contributed by atoms with Crippen molar-refractivity contribution < 1.29 is 14.0 Å². The standard InChI is InChI=1S/C20H19FN4O3/c1-23(17-10-11-24(19(17)27)15-8-4-2-6-13(15)21)18(26)12-25-16-9-5-3-7-14(16)22-20(25)28/h2-9,17H,10-12H2,1H3,(H,22,28). The van der Waals surface area contributed by atoms with Gasteiger partial charge in [-0.3, -0.25) is 14.2 Å². The van der Waals surface area contributed by atoms with Gasteiger partial charge in [0.1, 0.15) is 18.4 Å². The number of carbonyl (C=O) groups is 2. The van der Waals surface area contributed by atoms with Gasteiger partial charge in [-0.1, -0.05) is 24.3 Å². The van der Waals surface area contributed by atoms with Gasteiger partial charge < -0.3 is 14.8 Å². The number of fused-ring (bicyclic) bond motifs is 1. The summed E-state index contributed by atoms with van der Waals surface area (Å²) in [5.74, 6) is -1.16. The number of likely N-dealkylation sites (N-methyl/N-ethyl adjacent to an activating group) is 1. The lowest BCUT2D eigenvalue weighted by atomic mass is 10.2. The van der Waals surface area contributed by atoms with E-state index in [4.69, 9.17) is 0 Å². The van der Waals surface area contributed by atoms with E-state index in [9.17, 15) is 18.8 Å². The Kier molecular flexibility index (Phi) is 4.46. The van der Waals surface area contributed by atoms with Crippen molar-refractivity contribution in [1.82, 2.24) is 14.5 Å². The first-order valence-corrected chi connectivity index (χ1v) is 8.96. The number of anilines is 1. The van der Waals surface area contributed by atoms with E-state index in [0.29, 0.717) is 24.0 Å². The predicted octanol–water partition coefficient (Wildman–Crippen LogP) is 1.73. The SMILES string of the molecule is CN(C(=O)Cn1c(=O)[nH]c2ccccc21)C1CCN(c2ccccc2F)C1=O. The van der Waals surface area contributed by atoms with Gasteiger partial charge in [0.05, 0.1) is 16.7 Å². The molecule has 0 spiro atoms. The minimum atomic E-state index is -0.687. The van der Waals surface area contributed by atoms with Crippen LogP contribution >= 0.6 is 0 Å². The Hall–Kier alpha value is -3.42. The van der Waals surface area contributed by atoms with Gasteiger partial charge in [-0.05, 0) is 30.7 Å². The number of benzene rings is 2. The second kappa shape index (κ2) is 6.95. The summed E-state index contributed by atoms with van der Waals surface area (Å²) in [7, 11) is 1.54. The predicted molar refractivity (Wildman–Crippen MR) is 102 cm³/mol. The molecule has 1 atom stereocenters. The van der Waals surface area contributed by atoms with Crippen LogP contribution in [-0.4, -0.2) is 45.9 Å². The summed E-state index contributed by atoms with van der Waals surface area (Å²) >= 11 is 0. The van der Waals surface area contributed by atoms with Crippen molar-refractivity contribution in [3.63, 3.8) is 0 Å². The van der Waals surface area contributed by atoms with Crippen molar-refractivity contribution in [3.8, 4) is 0 Å². The van der Waals surface area contributed by atoms with Gasteiger partial charge in [0.2, 0.25) is 11.8 Å². The molecule has 1 aromatic heterocycles. The van der Waals surface area contributed by atoms with Gasteiger partial charge in [-0.2, -0.15) is 0 Å². The van der Waals surface area contributed by atoms with Crippen LogP contribution in [0.3, 0.4) is 0 Å². The molecular formula is C20H19FN4O3. The summed E-state index contributed by atoms with van der Waals surface area (Å²) in [5, 5.41) is 0. The lowest BCUT2D eigenvalue weighted by Gasteiger charge is -2.24. The molecule has 1 aliphatic heterocycles. The van der Waals surface area contributed by atoms with Crippen LogP contribution in [0.2, 0.25) is 0 Å². The number of hydrogen-bond acceptors (Lipinski definition) is 3. The number of halogens is 1. The van der Waals surface area contributed by atoms with Crippen LogP contribution < -0.4 is 10.6 Å². The number of para-hydroxylation sites is 3. The number of nitrogens with zero attached hydrogens (tertiary/aromatic N) is 3. The number of H-pyrrole nitrogens is 1. The molecule has 1 N–H and O–H groups in total. The average molecular weight is 382 g/mol. The molecule has 144 valence electrons. The molecule has 2 amide bonds. The van der Waals surface area contributed by atoms with Crippen LogP contribution in [0.25, 0.3) is 11.0 Å². The van der Waals surface area contributed by atoms with Crippen molar-refractivity contribution >= 4 is 28.5 Å². The molecule has 0 saturated carbocycles. The largest absolute Gasteiger partial charge is 0.332 e. The Morgan fingerprint density at radius 1 is 1.18 bits per heavy atom. The molecule has 0 bridgehead atoms. The Morgan fingerprint density at radius 3 is 2.68 bits per heavy atom. The number of amides is 2. The molecule has 0 aliphatic carbocycles. The van der Waals surface area contributed by atoms with E-state index in [1.54, 1.807) is 42.5 Å². The molecule has 0 radical (unpaired) electrons. The van der Waals surface area contributed by atoms with E-state index in [1.165, 1.54) is 27.5 Å². The second-order valence-electron chi connectivity index (χ2n) is 6.78. The van der Waals surface area contributed by atoms with Crippen molar-refractivity contribution in [1.29, 1.82) is 0 Å². The van der Waals surface area contributed by atoms with E-state index in [-0.39, 0.29) is 29.7 Å². The summed E-state index contributed by atoms with van der Waals surface area (Å²) in [5.41, 5.74) is 1.10. The normalized spacial score (nSPS) is 16.7. The van der Waals surface area contributed by atoms with Gasteiger partial charge in [0.25, 0.3) is 0 Å². The molecule has 7 nitrogen and oxygen atoms in total. The first kappa shape index (κ1) is 18.0. The highest BCUT2D eigenvalue weighted by atomic mass is 19.1. The topological polar surface area (TPSA) is 78.4 Å². The van der Waals surface area contributed by atoms with Crippen LogP contribution in [0, 0.1) is 5.82 Å². The van der Waals surface area contributed by atoms with E-state index in [1.807, 2.05) is 0 Å². The molecule has 28 heavy (non-hydrogen) atoms. The number of rotatable bonds is 4. The molecule has 1 saturated heterocycles. The van der Waals surface area contributed by atoms with Crippen molar-refractivity contribution in [2.45, 2.75) is 19.0 Å². The third kappa shape index (κ3) is 2.96. The third-order valence-corrected chi connectivity index (χ3v) is 5.16. The summed E-state index contributed by atoms with van der Waals surface area (Å²) in [6, 6.07) is 12.5. The van der Waals surface area contributed by atoms with Gasteiger partial charge in [-0.15, -0.1) is 0 Å². The highest BCUT2D eigenvalue weighted by Gasteiger charge is 2.38. The lowest BCUT2D eigenvalue weighted by Crippen LogP contribution is -2.45. The highest BCUT2D eigenvalue weighted by molar-refractivity contribution is 6.01. The van der Waals surface area contributed by atoms with Gasteiger partial charge in [0, 0.05) is 13.6 Å². The zero-order valence-electron chi connectivity index (χ0n) is 15.3. The Bertz CT molecular complexity index is 1120. The first-order valence-electron chi connectivity index (χ1n) is 8.96. The Balaban J connectivity index is 1.53. The number of aromatic nitrogens is 2. The van der Waals surface area contributed by atoms with E-state index >= 15 is 0 Å². The third-order valence-electron chi connectivity index (χ3n) is 5.16. The number of imidazole rings is 1. The maximum atomic E-state index is 14.0. The summed E-state index contributed by atoms with van der Waals surface area (Å²) in [4.78, 5) is 43.1. The summed E-state index contributed by atoms with van der Waals surface area (Å²) < 4.78 is 15.4. The quantitative estimate of drug-likeness (QED) is 0.747. The Labute approximate surface area is 160 Å². The fourth-order valence-corrected chi connectivity index (χ4v) is 3.62. The van der Waals surface area contributed by atoms with Gasteiger partial charge in [-0.25, -0.2) is 9.18 Å². The van der Waals surface area contributed by atoms with E-state index < -0.39 is 11.9 Å². The number of aromatic amines is 1. The van der Waals surface area contributed by atoms with Crippen LogP contribution in [-0.2, 0) is 16.1 Å². The molecule has 2 aromatic carbocycles. The molecule has 2 heterocycles. The minimum absolute atomic E-state index is 0.178. The molecule has 3 aromatic rings. The van der Waals surface area contributed by atoms with Crippen LogP contribution in [0.15, 0.2) is 53.3 Å². The van der Waals surface area contributed by atoms with Crippen molar-refractivity contribution in [2.24, 2.45) is 0 Å². The molecule has 8 heteroatoms. The maximum absolute atomic E-state index is 14.0. The van der Waals surface area contributed by atoms with Crippen LogP contribution in [0.1, 0.15) is 6.42 Å². The number of nitrogens with one attached hydrogen (secondary N) is 1. The highest BCUT2D eigenvalue weighted by Crippen LogP contribution is 2.26. The number of carbonyl (C=O) groups excluding carboxylic acids is 2. The monoisotopic (exact) mass is 382 g/mol. The summed E-state index contributed by atoms with van der Waals surface area (Å²) in [6.45, 7) is 0.151. The Morgan fingerprint density at radius 2 is 1.89 bits per heavy atom. The zero-order chi connectivity index (χ0) is 19.8. The van der Waals surface area contributed by atoms with Crippen LogP contribution in [0.4, 0.5) is 10.1 Å².